The molecule has 1 saturated heterocycles. The highest BCUT2D eigenvalue weighted by atomic mass is 35.5. The Bertz CT molecular complexity index is 822. The van der Waals surface area contributed by atoms with Crippen LogP contribution in [0, 0.1) is 11.7 Å². The van der Waals surface area contributed by atoms with Gasteiger partial charge in [-0.15, -0.1) is 12.4 Å². The summed E-state index contributed by atoms with van der Waals surface area (Å²) in [6.45, 7) is 4.14. The lowest BCUT2D eigenvalue weighted by Gasteiger charge is -2.31. The number of likely N-dealkylation sites (tertiary alicyclic amines) is 1. The largest absolute Gasteiger partial charge is 0.488 e. The number of Topliss-reactive ketones (excluding diaryl/α,β-unsaturated/α-hetero) is 1. The van der Waals surface area contributed by atoms with E-state index in [0.717, 1.165) is 38.2 Å². The second-order valence-corrected chi connectivity index (χ2v) is 7.12. The van der Waals surface area contributed by atoms with Crippen molar-refractivity contribution in [1.29, 1.82) is 0 Å². The van der Waals surface area contributed by atoms with Crippen LogP contribution in [0.25, 0.3) is 0 Å². The monoisotopic (exact) mass is 421 g/mol. The first-order valence-corrected chi connectivity index (χ1v) is 9.74. The molecular formula is C22H25ClFNO4. The number of benzene rings is 2. The molecule has 0 atom stereocenters. The zero-order chi connectivity index (χ0) is 19.3. The number of hydrogen-bond donors (Lipinski definition) is 0. The van der Waals surface area contributed by atoms with Gasteiger partial charge in [-0.05, 0) is 62.3 Å². The zero-order valence-corrected chi connectivity index (χ0v) is 17.0. The molecule has 0 radical (unpaired) electrons. The molecule has 0 aromatic heterocycles. The van der Waals surface area contributed by atoms with E-state index in [1.807, 2.05) is 18.2 Å². The normalized spacial score (nSPS) is 16.7. The number of halogens is 2. The summed E-state index contributed by atoms with van der Waals surface area (Å²) in [6.07, 6.45) is 1.63. The number of nitrogens with zero attached hydrogens (tertiary/aromatic N) is 1. The summed E-state index contributed by atoms with van der Waals surface area (Å²) < 4.78 is 30.2. The van der Waals surface area contributed by atoms with Gasteiger partial charge in [0, 0.05) is 18.0 Å². The first kappa shape index (κ1) is 21.4. The maximum absolute atomic E-state index is 13.0. The van der Waals surface area contributed by atoms with E-state index in [4.69, 9.17) is 14.2 Å². The number of piperidine rings is 1. The third-order valence-electron chi connectivity index (χ3n) is 5.28. The van der Waals surface area contributed by atoms with Crippen molar-refractivity contribution in [1.82, 2.24) is 4.90 Å². The third kappa shape index (κ3) is 5.19. The Morgan fingerprint density at radius 1 is 1.07 bits per heavy atom. The van der Waals surface area contributed by atoms with Crippen molar-refractivity contribution in [2.75, 3.05) is 39.5 Å². The van der Waals surface area contributed by atoms with Gasteiger partial charge in [0.1, 0.15) is 25.6 Å². The Labute approximate surface area is 176 Å². The van der Waals surface area contributed by atoms with Crippen molar-refractivity contribution < 1.29 is 23.4 Å². The molecule has 2 aromatic carbocycles. The summed E-state index contributed by atoms with van der Waals surface area (Å²) >= 11 is 0. The topological polar surface area (TPSA) is 48.0 Å². The Morgan fingerprint density at radius 3 is 2.55 bits per heavy atom. The molecule has 0 bridgehead atoms. The summed E-state index contributed by atoms with van der Waals surface area (Å²) in [4.78, 5) is 14.9. The lowest BCUT2D eigenvalue weighted by molar-refractivity contribution is 0.0826. The Morgan fingerprint density at radius 2 is 1.79 bits per heavy atom. The van der Waals surface area contributed by atoms with Crippen molar-refractivity contribution >= 4 is 18.2 Å². The van der Waals surface area contributed by atoms with E-state index in [0.29, 0.717) is 36.9 Å². The van der Waals surface area contributed by atoms with E-state index in [2.05, 4.69) is 4.90 Å². The molecule has 5 nitrogen and oxygen atoms in total. The summed E-state index contributed by atoms with van der Waals surface area (Å²) in [7, 11) is 0. The third-order valence-corrected chi connectivity index (χ3v) is 5.28. The van der Waals surface area contributed by atoms with Crippen molar-refractivity contribution in [2.24, 2.45) is 5.92 Å². The van der Waals surface area contributed by atoms with E-state index >= 15 is 0 Å². The second kappa shape index (κ2) is 9.94. The summed E-state index contributed by atoms with van der Waals surface area (Å²) in [6, 6.07) is 11.5. The van der Waals surface area contributed by atoms with Crippen LogP contribution >= 0.6 is 12.4 Å². The molecule has 2 aliphatic rings. The van der Waals surface area contributed by atoms with Crippen LogP contribution in [-0.4, -0.2) is 50.1 Å². The highest BCUT2D eigenvalue weighted by molar-refractivity contribution is 5.97. The van der Waals surface area contributed by atoms with Crippen LogP contribution < -0.4 is 14.2 Å². The minimum Gasteiger partial charge on any atom is -0.488 e. The first-order valence-electron chi connectivity index (χ1n) is 9.74. The average molecular weight is 422 g/mol. The first-order chi connectivity index (χ1) is 13.7. The van der Waals surface area contributed by atoms with Crippen molar-refractivity contribution in [3.05, 3.63) is 53.8 Å². The molecule has 7 heteroatoms. The highest BCUT2D eigenvalue weighted by Crippen LogP contribution is 2.38. The van der Waals surface area contributed by atoms with Gasteiger partial charge in [-0.3, -0.25) is 9.69 Å². The Balaban J connectivity index is 0.00000240. The number of ether oxygens (including phenoxy) is 3. The molecule has 29 heavy (non-hydrogen) atoms. The number of carbonyl (C=O) groups excluding carboxylic acids is 1. The number of carbonyl (C=O) groups is 1. The van der Waals surface area contributed by atoms with Crippen LogP contribution in [-0.2, 0) is 0 Å². The molecule has 2 aliphatic heterocycles. The van der Waals surface area contributed by atoms with Crippen LogP contribution in [0.1, 0.15) is 23.2 Å². The number of hydrogen-bond acceptors (Lipinski definition) is 5. The molecule has 1 fully saturated rings. The van der Waals surface area contributed by atoms with Gasteiger partial charge in [-0.25, -0.2) is 4.39 Å². The Kier molecular flexibility index (Phi) is 7.34. The lowest BCUT2D eigenvalue weighted by Crippen LogP contribution is -2.38. The minimum absolute atomic E-state index is 0. The zero-order valence-electron chi connectivity index (χ0n) is 16.1. The summed E-state index contributed by atoms with van der Waals surface area (Å²) in [5, 5.41) is 0. The molecule has 0 saturated carbocycles. The molecule has 156 valence electrons. The maximum Gasteiger partial charge on any atom is 0.203 e. The van der Waals surface area contributed by atoms with E-state index in [9.17, 15) is 9.18 Å². The van der Waals surface area contributed by atoms with E-state index < -0.39 is 0 Å². The molecule has 2 heterocycles. The van der Waals surface area contributed by atoms with Crippen LogP contribution in [0.5, 0.6) is 17.2 Å². The van der Waals surface area contributed by atoms with Crippen LogP contribution in [0.3, 0.4) is 0 Å². The number of rotatable bonds is 6. The standard InChI is InChI=1S/C22H24FNO4.ClH/c23-18-6-4-16(5-7-18)21(25)17-8-10-24(11-9-17)12-13-26-19-2-1-3-20-22(19)28-15-14-27-20;/h1-7,17H,8-15H2;1H. The molecule has 2 aromatic rings. The van der Waals surface area contributed by atoms with Gasteiger partial charge < -0.3 is 14.2 Å². The fourth-order valence-electron chi connectivity index (χ4n) is 3.71. The SMILES string of the molecule is Cl.O=C(c1ccc(F)cc1)C1CCN(CCOc2cccc3c2OCCO3)CC1. The van der Waals surface area contributed by atoms with Crippen LogP contribution in [0.4, 0.5) is 4.39 Å². The van der Waals surface area contributed by atoms with Crippen LogP contribution in [0.2, 0.25) is 0 Å². The maximum atomic E-state index is 13.0. The second-order valence-electron chi connectivity index (χ2n) is 7.12. The fourth-order valence-corrected chi connectivity index (χ4v) is 3.71. The smallest absolute Gasteiger partial charge is 0.203 e. The van der Waals surface area contributed by atoms with Gasteiger partial charge in [0.05, 0.1) is 0 Å². The van der Waals surface area contributed by atoms with Gasteiger partial charge >= 0.3 is 0 Å². The van der Waals surface area contributed by atoms with Crippen molar-refractivity contribution in [3.8, 4) is 17.2 Å². The molecule has 0 unspecified atom stereocenters. The van der Waals surface area contributed by atoms with E-state index in [1.165, 1.54) is 12.1 Å². The molecular weight excluding hydrogens is 397 g/mol. The summed E-state index contributed by atoms with van der Waals surface area (Å²) in [5.74, 6) is 1.92. The Hall–Kier alpha value is -2.31. The molecule has 0 N–H and O–H groups in total. The number of ketones is 1. The van der Waals surface area contributed by atoms with Gasteiger partial charge in [-0.2, -0.15) is 0 Å². The fraction of sp³-hybridized carbons (Fsp3) is 0.409. The summed E-state index contributed by atoms with van der Waals surface area (Å²) in [5.41, 5.74) is 0.597. The van der Waals surface area contributed by atoms with Gasteiger partial charge in [0.25, 0.3) is 0 Å². The van der Waals surface area contributed by atoms with Gasteiger partial charge in [0.2, 0.25) is 5.75 Å². The quantitative estimate of drug-likeness (QED) is 0.660. The molecule has 0 amide bonds. The van der Waals surface area contributed by atoms with E-state index in [-0.39, 0.29) is 29.9 Å². The lowest BCUT2D eigenvalue weighted by atomic mass is 9.89. The number of para-hydroxylation sites is 1. The van der Waals surface area contributed by atoms with Crippen molar-refractivity contribution in [2.45, 2.75) is 12.8 Å². The van der Waals surface area contributed by atoms with Crippen LogP contribution in [0.15, 0.2) is 42.5 Å². The predicted octanol–water partition coefficient (Wildman–Crippen LogP) is 3.99. The van der Waals surface area contributed by atoms with E-state index in [1.54, 1.807) is 12.1 Å². The molecule has 0 aliphatic carbocycles. The molecule has 4 rings (SSSR count). The number of fused-ring (bicyclic) bond motifs is 1. The molecule has 0 spiro atoms. The van der Waals surface area contributed by atoms with Crippen molar-refractivity contribution in [3.63, 3.8) is 0 Å². The predicted molar refractivity (Wildman–Crippen MR) is 110 cm³/mol. The minimum atomic E-state index is -0.317. The average Bonchev–Trinajstić information content (AvgIpc) is 2.74. The van der Waals surface area contributed by atoms with Gasteiger partial charge in [-0.1, -0.05) is 6.07 Å². The van der Waals surface area contributed by atoms with Gasteiger partial charge in [0.15, 0.2) is 17.3 Å². The highest BCUT2D eigenvalue weighted by Gasteiger charge is 2.26.